The Morgan fingerprint density at radius 1 is 0.815 bits per heavy atom. The molecule has 0 fully saturated rings. The van der Waals surface area contributed by atoms with Gasteiger partial charge in [0.1, 0.15) is 11.5 Å². The SMILES string of the molecule is Cc1cc(C(C)(C)c2ccc(OCC(=O)O)c(C)c2)ccc1OCC(=O)O. The smallest absolute Gasteiger partial charge is 0.341 e. The number of hydrogen-bond acceptors (Lipinski definition) is 4. The van der Waals surface area contributed by atoms with Gasteiger partial charge in [-0.2, -0.15) is 0 Å². The van der Waals surface area contributed by atoms with Gasteiger partial charge in [0.05, 0.1) is 0 Å². The average molecular weight is 372 g/mol. The number of carbonyl (C=O) groups is 2. The van der Waals surface area contributed by atoms with Crippen molar-refractivity contribution >= 4 is 11.9 Å². The van der Waals surface area contributed by atoms with E-state index in [2.05, 4.69) is 13.8 Å². The maximum Gasteiger partial charge on any atom is 0.341 e. The van der Waals surface area contributed by atoms with Crippen LogP contribution < -0.4 is 9.47 Å². The van der Waals surface area contributed by atoms with Crippen LogP contribution in [0.15, 0.2) is 36.4 Å². The first-order valence-electron chi connectivity index (χ1n) is 8.52. The van der Waals surface area contributed by atoms with Crippen molar-refractivity contribution in [3.63, 3.8) is 0 Å². The summed E-state index contributed by atoms with van der Waals surface area (Å²) in [7, 11) is 0. The lowest BCUT2D eigenvalue weighted by Crippen LogP contribution is -2.20. The van der Waals surface area contributed by atoms with Gasteiger partial charge in [-0.3, -0.25) is 0 Å². The Morgan fingerprint density at radius 3 is 1.48 bits per heavy atom. The molecule has 2 aromatic rings. The fourth-order valence-electron chi connectivity index (χ4n) is 2.85. The molecule has 2 N–H and O–H groups in total. The Labute approximate surface area is 158 Å². The van der Waals surface area contributed by atoms with E-state index in [0.29, 0.717) is 11.5 Å². The van der Waals surface area contributed by atoms with E-state index >= 15 is 0 Å². The fraction of sp³-hybridized carbons (Fsp3) is 0.333. The third-order valence-corrected chi connectivity index (χ3v) is 4.50. The number of aliphatic carboxylic acids is 2. The van der Waals surface area contributed by atoms with Crippen molar-refractivity contribution < 1.29 is 29.3 Å². The summed E-state index contributed by atoms with van der Waals surface area (Å²) in [5.74, 6) is -0.935. The van der Waals surface area contributed by atoms with Gasteiger partial charge in [0.15, 0.2) is 13.2 Å². The predicted octanol–water partition coefficient (Wildman–Crippen LogP) is 3.56. The zero-order chi connectivity index (χ0) is 20.2. The van der Waals surface area contributed by atoms with Crippen molar-refractivity contribution in [1.82, 2.24) is 0 Å². The first-order valence-corrected chi connectivity index (χ1v) is 8.52. The van der Waals surface area contributed by atoms with Gasteiger partial charge in [0, 0.05) is 5.41 Å². The highest BCUT2D eigenvalue weighted by Gasteiger charge is 2.24. The first-order chi connectivity index (χ1) is 12.6. The van der Waals surface area contributed by atoms with Crippen LogP contribution >= 0.6 is 0 Å². The summed E-state index contributed by atoms with van der Waals surface area (Å²) in [6.45, 7) is 7.19. The third-order valence-electron chi connectivity index (χ3n) is 4.50. The van der Waals surface area contributed by atoms with Crippen molar-refractivity contribution in [2.45, 2.75) is 33.1 Å². The van der Waals surface area contributed by atoms with E-state index in [0.717, 1.165) is 22.3 Å². The normalized spacial score (nSPS) is 11.1. The van der Waals surface area contributed by atoms with Crippen molar-refractivity contribution in [2.24, 2.45) is 0 Å². The van der Waals surface area contributed by atoms with Crippen LogP contribution in [-0.4, -0.2) is 35.4 Å². The molecular weight excluding hydrogens is 348 g/mol. The van der Waals surface area contributed by atoms with Gasteiger partial charge in [0.2, 0.25) is 0 Å². The third kappa shape index (κ3) is 5.00. The van der Waals surface area contributed by atoms with Gasteiger partial charge >= 0.3 is 11.9 Å². The lowest BCUT2D eigenvalue weighted by atomic mass is 9.77. The Bertz CT molecular complexity index is 784. The summed E-state index contributed by atoms with van der Waals surface area (Å²) in [5.41, 5.74) is 3.52. The molecule has 0 aliphatic carbocycles. The second kappa shape index (κ2) is 8.12. The number of carboxylic acids is 2. The standard InChI is InChI=1S/C21H24O6/c1-13-9-15(5-7-17(13)26-11-19(22)23)21(3,4)16-6-8-18(14(2)10-16)27-12-20(24)25/h5-10H,11-12H2,1-4H3,(H,22,23)(H,24,25). The second-order valence-electron chi connectivity index (χ2n) is 6.95. The van der Waals surface area contributed by atoms with Crippen molar-refractivity contribution in [2.75, 3.05) is 13.2 Å². The monoisotopic (exact) mass is 372 g/mol. The Morgan fingerprint density at radius 2 is 1.19 bits per heavy atom. The molecule has 0 amide bonds. The summed E-state index contributed by atoms with van der Waals surface area (Å²) in [6, 6.07) is 11.4. The van der Waals surface area contributed by atoms with Crippen LogP contribution in [0, 0.1) is 13.8 Å². The minimum atomic E-state index is -1.01. The molecule has 27 heavy (non-hydrogen) atoms. The summed E-state index contributed by atoms with van der Waals surface area (Å²) < 4.78 is 10.6. The predicted molar refractivity (Wildman–Crippen MR) is 101 cm³/mol. The highest BCUT2D eigenvalue weighted by molar-refractivity contribution is 5.69. The largest absolute Gasteiger partial charge is 0.482 e. The Kier molecular flexibility index (Phi) is 6.10. The molecule has 6 heteroatoms. The lowest BCUT2D eigenvalue weighted by molar-refractivity contribution is -0.140. The Balaban J connectivity index is 2.27. The van der Waals surface area contributed by atoms with E-state index in [-0.39, 0.29) is 18.6 Å². The van der Waals surface area contributed by atoms with E-state index in [9.17, 15) is 9.59 Å². The quantitative estimate of drug-likeness (QED) is 0.736. The molecule has 2 rings (SSSR count). The zero-order valence-corrected chi connectivity index (χ0v) is 15.9. The number of hydrogen-bond donors (Lipinski definition) is 2. The number of benzene rings is 2. The topological polar surface area (TPSA) is 93.1 Å². The van der Waals surface area contributed by atoms with Gasteiger partial charge < -0.3 is 19.7 Å². The summed E-state index contributed by atoms with van der Waals surface area (Å²) in [5, 5.41) is 17.5. The molecule has 2 aromatic carbocycles. The molecule has 0 radical (unpaired) electrons. The molecule has 0 heterocycles. The molecule has 0 atom stereocenters. The molecule has 0 unspecified atom stereocenters. The van der Waals surface area contributed by atoms with E-state index in [4.69, 9.17) is 19.7 Å². The molecule has 144 valence electrons. The van der Waals surface area contributed by atoms with Crippen molar-refractivity contribution in [3.05, 3.63) is 58.7 Å². The van der Waals surface area contributed by atoms with Gasteiger partial charge in [0.25, 0.3) is 0 Å². The van der Waals surface area contributed by atoms with Crippen molar-refractivity contribution in [1.29, 1.82) is 0 Å². The maximum absolute atomic E-state index is 10.7. The molecule has 0 saturated heterocycles. The highest BCUT2D eigenvalue weighted by atomic mass is 16.5. The van der Waals surface area contributed by atoms with Gasteiger partial charge in [-0.1, -0.05) is 38.1 Å². The number of aryl methyl sites for hydroxylation is 2. The molecule has 0 spiro atoms. The average Bonchev–Trinajstić information content (AvgIpc) is 2.59. The Hall–Kier alpha value is -3.02. The molecule has 6 nitrogen and oxygen atoms in total. The van der Waals surface area contributed by atoms with E-state index in [1.165, 1.54) is 0 Å². The molecule has 0 aromatic heterocycles. The summed E-state index contributed by atoms with van der Waals surface area (Å²) in [4.78, 5) is 21.3. The van der Waals surface area contributed by atoms with Gasteiger partial charge in [-0.05, 0) is 48.2 Å². The van der Waals surface area contributed by atoms with Gasteiger partial charge in [-0.25, -0.2) is 9.59 Å². The summed E-state index contributed by atoms with van der Waals surface area (Å²) >= 11 is 0. The van der Waals surface area contributed by atoms with E-state index < -0.39 is 11.9 Å². The second-order valence-corrected chi connectivity index (χ2v) is 6.95. The molecule has 0 aliphatic heterocycles. The number of ether oxygens (including phenoxy) is 2. The van der Waals surface area contributed by atoms with Gasteiger partial charge in [-0.15, -0.1) is 0 Å². The van der Waals surface area contributed by atoms with Crippen LogP contribution in [-0.2, 0) is 15.0 Å². The minimum Gasteiger partial charge on any atom is -0.482 e. The van der Waals surface area contributed by atoms with Crippen LogP contribution in [0.3, 0.4) is 0 Å². The fourth-order valence-corrected chi connectivity index (χ4v) is 2.85. The van der Waals surface area contributed by atoms with Crippen LogP contribution in [0.5, 0.6) is 11.5 Å². The van der Waals surface area contributed by atoms with E-state index in [1.54, 1.807) is 12.1 Å². The molecule has 0 bridgehead atoms. The lowest BCUT2D eigenvalue weighted by Gasteiger charge is -2.28. The van der Waals surface area contributed by atoms with Crippen molar-refractivity contribution in [3.8, 4) is 11.5 Å². The van der Waals surface area contributed by atoms with Crippen LogP contribution in [0.4, 0.5) is 0 Å². The maximum atomic E-state index is 10.7. The van der Waals surface area contributed by atoms with Crippen LogP contribution in [0.1, 0.15) is 36.1 Å². The minimum absolute atomic E-state index is 0.313. The molecule has 0 saturated carbocycles. The first kappa shape index (κ1) is 20.3. The highest BCUT2D eigenvalue weighted by Crippen LogP contribution is 2.35. The van der Waals surface area contributed by atoms with Crippen LogP contribution in [0.2, 0.25) is 0 Å². The number of rotatable bonds is 8. The zero-order valence-electron chi connectivity index (χ0n) is 15.9. The number of carboxylic acid groups (broad SMARTS) is 2. The van der Waals surface area contributed by atoms with Crippen LogP contribution in [0.25, 0.3) is 0 Å². The summed E-state index contributed by atoms with van der Waals surface area (Å²) in [6.07, 6.45) is 0. The van der Waals surface area contributed by atoms with E-state index in [1.807, 2.05) is 38.1 Å². The molecular formula is C21H24O6. The molecule has 0 aliphatic rings.